The van der Waals surface area contributed by atoms with Gasteiger partial charge in [0.15, 0.2) is 0 Å². The number of urea groups is 1. The quantitative estimate of drug-likeness (QED) is 0.321. The zero-order valence-electron chi connectivity index (χ0n) is 13.9. The van der Waals surface area contributed by atoms with Crippen LogP contribution in [-0.2, 0) is 9.63 Å². The van der Waals surface area contributed by atoms with Crippen LogP contribution in [0.4, 0.5) is 4.79 Å². The normalized spacial score (nSPS) is 27.2. The van der Waals surface area contributed by atoms with Crippen molar-refractivity contribution >= 4 is 23.8 Å². The van der Waals surface area contributed by atoms with Crippen molar-refractivity contribution in [3.05, 3.63) is 0 Å². The second-order valence-electron chi connectivity index (χ2n) is 6.54. The van der Waals surface area contributed by atoms with Crippen molar-refractivity contribution in [3.8, 4) is 0 Å². The number of carbonyl (C=O) groups excluding carboxylic acids is 2. The van der Waals surface area contributed by atoms with Crippen molar-refractivity contribution in [2.24, 2.45) is 11.8 Å². The summed E-state index contributed by atoms with van der Waals surface area (Å²) in [6.07, 6.45) is 8.25. The summed E-state index contributed by atoms with van der Waals surface area (Å²) in [5.74, 6) is 5.67. The molecule has 1 unspecified atom stereocenters. The first-order valence-electron chi connectivity index (χ1n) is 8.75. The molecule has 0 aromatic rings. The third-order valence-electron chi connectivity index (χ3n) is 4.83. The standard InChI is InChI=1S/C16H29N3O3S/c1-2-3-4-5-7-11(15(20)22-17)8-6-9-13-14-12(10-23-13)18-16(21)19-14/h11-14H,2-10,17H2,1H3,(H2,18,19,21)/t11?,12-,13-,14-/m0/s1. The third-order valence-corrected chi connectivity index (χ3v) is 6.34. The Balaban J connectivity index is 1.70. The van der Waals surface area contributed by atoms with E-state index in [1.165, 1.54) is 12.8 Å². The average molecular weight is 343 g/mol. The van der Waals surface area contributed by atoms with Crippen LogP contribution in [0.5, 0.6) is 0 Å². The molecule has 2 fully saturated rings. The molecule has 0 aliphatic carbocycles. The van der Waals surface area contributed by atoms with Gasteiger partial charge >= 0.3 is 12.0 Å². The number of nitrogens with two attached hydrogens (primary N) is 1. The van der Waals surface area contributed by atoms with Crippen molar-refractivity contribution in [2.75, 3.05) is 5.75 Å². The first-order valence-corrected chi connectivity index (χ1v) is 9.79. The number of rotatable bonds is 10. The lowest BCUT2D eigenvalue weighted by Gasteiger charge is -2.18. The average Bonchev–Trinajstić information content (AvgIpc) is 3.08. The zero-order chi connectivity index (χ0) is 16.7. The van der Waals surface area contributed by atoms with E-state index in [9.17, 15) is 9.59 Å². The van der Waals surface area contributed by atoms with Crippen molar-refractivity contribution in [2.45, 2.75) is 75.6 Å². The summed E-state index contributed by atoms with van der Waals surface area (Å²) in [6, 6.07) is 0.444. The topological polar surface area (TPSA) is 93.5 Å². The smallest absolute Gasteiger partial charge is 0.327 e. The molecular weight excluding hydrogens is 314 g/mol. The molecule has 0 bridgehead atoms. The molecule has 0 radical (unpaired) electrons. The first-order chi connectivity index (χ1) is 11.2. The predicted molar refractivity (Wildman–Crippen MR) is 91.9 cm³/mol. The van der Waals surface area contributed by atoms with E-state index in [-0.39, 0.29) is 30.0 Å². The van der Waals surface area contributed by atoms with Crippen LogP contribution in [0.2, 0.25) is 0 Å². The van der Waals surface area contributed by atoms with E-state index >= 15 is 0 Å². The van der Waals surface area contributed by atoms with Gasteiger partial charge in [-0.15, -0.1) is 0 Å². The maximum Gasteiger partial charge on any atom is 0.327 e. The predicted octanol–water partition coefficient (Wildman–Crippen LogP) is 2.33. The molecule has 0 spiro atoms. The molecule has 2 aliphatic heterocycles. The van der Waals surface area contributed by atoms with Gasteiger partial charge in [-0.2, -0.15) is 17.7 Å². The molecule has 0 aromatic carbocycles. The van der Waals surface area contributed by atoms with Gasteiger partial charge in [0, 0.05) is 11.0 Å². The fraction of sp³-hybridized carbons (Fsp3) is 0.875. The van der Waals surface area contributed by atoms with E-state index in [4.69, 9.17) is 5.90 Å². The summed E-state index contributed by atoms with van der Waals surface area (Å²) in [7, 11) is 0. The van der Waals surface area contributed by atoms with E-state index in [1.807, 2.05) is 11.8 Å². The van der Waals surface area contributed by atoms with Gasteiger partial charge in [-0.05, 0) is 19.3 Å². The van der Waals surface area contributed by atoms with E-state index in [2.05, 4.69) is 22.4 Å². The maximum atomic E-state index is 11.8. The highest BCUT2D eigenvalue weighted by atomic mass is 32.2. The fourth-order valence-corrected chi connectivity index (χ4v) is 5.05. The van der Waals surface area contributed by atoms with Crippen LogP contribution in [0.15, 0.2) is 0 Å². The molecule has 132 valence electrons. The highest BCUT2D eigenvalue weighted by Crippen LogP contribution is 2.33. The number of nitrogens with one attached hydrogen (secondary N) is 2. The van der Waals surface area contributed by atoms with Crippen LogP contribution < -0.4 is 16.5 Å². The molecule has 2 aliphatic rings. The van der Waals surface area contributed by atoms with Crippen molar-refractivity contribution in [3.63, 3.8) is 0 Å². The lowest BCUT2D eigenvalue weighted by Crippen LogP contribution is -2.36. The van der Waals surface area contributed by atoms with Crippen LogP contribution in [0.3, 0.4) is 0 Å². The molecule has 2 rings (SSSR count). The lowest BCUT2D eigenvalue weighted by molar-refractivity contribution is -0.149. The van der Waals surface area contributed by atoms with Gasteiger partial charge < -0.3 is 15.5 Å². The highest BCUT2D eigenvalue weighted by molar-refractivity contribution is 8.00. The maximum absolute atomic E-state index is 11.8. The van der Waals surface area contributed by atoms with Crippen LogP contribution >= 0.6 is 11.8 Å². The molecule has 0 saturated carbocycles. The minimum Gasteiger partial charge on any atom is -0.373 e. The van der Waals surface area contributed by atoms with E-state index in [0.717, 1.165) is 44.3 Å². The van der Waals surface area contributed by atoms with Crippen LogP contribution in [0.1, 0.15) is 58.3 Å². The molecule has 4 N–H and O–H groups in total. The van der Waals surface area contributed by atoms with Crippen LogP contribution in [0.25, 0.3) is 0 Å². The Labute approximate surface area is 142 Å². The molecule has 2 saturated heterocycles. The number of hydrogen-bond acceptors (Lipinski definition) is 5. The summed E-state index contributed by atoms with van der Waals surface area (Å²) >= 11 is 1.91. The number of hydrogen-bond donors (Lipinski definition) is 3. The summed E-state index contributed by atoms with van der Waals surface area (Å²) in [6.45, 7) is 2.18. The van der Waals surface area contributed by atoms with Gasteiger partial charge in [-0.3, -0.25) is 4.79 Å². The molecule has 7 heteroatoms. The molecule has 2 amide bonds. The van der Waals surface area contributed by atoms with Crippen molar-refractivity contribution < 1.29 is 14.4 Å². The minimum absolute atomic E-state index is 0.0502. The van der Waals surface area contributed by atoms with Gasteiger partial charge in [-0.25, -0.2) is 4.79 Å². The Morgan fingerprint density at radius 1 is 1.30 bits per heavy atom. The molecular formula is C16H29N3O3S. The monoisotopic (exact) mass is 343 g/mol. The van der Waals surface area contributed by atoms with E-state index < -0.39 is 0 Å². The van der Waals surface area contributed by atoms with E-state index in [0.29, 0.717) is 5.25 Å². The largest absolute Gasteiger partial charge is 0.373 e. The van der Waals surface area contributed by atoms with Crippen LogP contribution in [0, 0.1) is 5.92 Å². The summed E-state index contributed by atoms with van der Waals surface area (Å²) in [4.78, 5) is 27.7. The van der Waals surface area contributed by atoms with Gasteiger partial charge in [0.1, 0.15) is 0 Å². The number of fused-ring (bicyclic) bond motifs is 1. The Kier molecular flexibility index (Phi) is 7.49. The van der Waals surface area contributed by atoms with E-state index in [1.54, 1.807) is 0 Å². The SMILES string of the molecule is CCCCCCC(CCC[C@@H]1SC[C@@H]2NC(=O)N[C@@H]21)C(=O)ON. The summed E-state index contributed by atoms with van der Waals surface area (Å²) in [5, 5.41) is 6.39. The molecule has 6 nitrogen and oxygen atoms in total. The molecule has 23 heavy (non-hydrogen) atoms. The van der Waals surface area contributed by atoms with Crippen molar-refractivity contribution in [1.29, 1.82) is 0 Å². The Morgan fingerprint density at radius 2 is 2.09 bits per heavy atom. The summed E-state index contributed by atoms with van der Waals surface area (Å²) < 4.78 is 0. The Bertz CT molecular complexity index is 408. The van der Waals surface area contributed by atoms with Gasteiger partial charge in [0.2, 0.25) is 0 Å². The number of carbonyl (C=O) groups is 2. The second-order valence-corrected chi connectivity index (χ2v) is 7.81. The first kappa shape index (κ1) is 18.4. The van der Waals surface area contributed by atoms with Gasteiger partial charge in [-0.1, -0.05) is 39.0 Å². The van der Waals surface area contributed by atoms with Gasteiger partial charge in [0.05, 0.1) is 18.0 Å². The zero-order valence-corrected chi connectivity index (χ0v) is 14.7. The van der Waals surface area contributed by atoms with Crippen LogP contribution in [-0.4, -0.2) is 35.1 Å². The number of thioether (sulfide) groups is 1. The molecule has 4 atom stereocenters. The second kappa shape index (κ2) is 9.37. The third kappa shape index (κ3) is 5.28. The summed E-state index contributed by atoms with van der Waals surface area (Å²) in [5.41, 5.74) is 0. The molecule has 0 aromatic heterocycles. The number of amides is 2. The lowest BCUT2D eigenvalue weighted by atomic mass is 9.93. The highest BCUT2D eigenvalue weighted by Gasteiger charge is 2.42. The minimum atomic E-state index is -0.283. The van der Waals surface area contributed by atoms with Crippen molar-refractivity contribution in [1.82, 2.24) is 10.6 Å². The van der Waals surface area contributed by atoms with Gasteiger partial charge in [0.25, 0.3) is 0 Å². The Morgan fingerprint density at radius 3 is 2.83 bits per heavy atom. The molecule has 2 heterocycles. The Hall–Kier alpha value is -0.950. The fourth-order valence-electron chi connectivity index (χ4n) is 3.50. The number of unbranched alkanes of at least 4 members (excludes halogenated alkanes) is 3.